The van der Waals surface area contributed by atoms with Crippen molar-refractivity contribution in [1.82, 2.24) is 4.90 Å². The molecule has 0 saturated heterocycles. The molecule has 0 saturated carbocycles. The molecule has 0 fully saturated rings. The molecular formula is C7H12N2OS. The smallest absolute Gasteiger partial charge is 0.236 e. The van der Waals surface area contributed by atoms with Crippen molar-refractivity contribution in [2.24, 2.45) is 0 Å². The number of amides is 1. The van der Waals surface area contributed by atoms with E-state index in [1.807, 2.05) is 12.3 Å². The summed E-state index contributed by atoms with van der Waals surface area (Å²) >= 11 is 1.69. The molecule has 0 aromatic carbocycles. The molecule has 0 N–H and O–H groups in total. The first kappa shape index (κ1) is 10.3. The lowest BCUT2D eigenvalue weighted by atomic mass is 10.4. The summed E-state index contributed by atoms with van der Waals surface area (Å²) in [6, 6.07) is 1.83. The van der Waals surface area contributed by atoms with Gasteiger partial charge >= 0.3 is 0 Å². The van der Waals surface area contributed by atoms with Crippen molar-refractivity contribution in [3.05, 3.63) is 0 Å². The topological polar surface area (TPSA) is 44.1 Å². The summed E-state index contributed by atoms with van der Waals surface area (Å²) < 4.78 is 0. The number of carbonyl (C=O) groups is 1. The summed E-state index contributed by atoms with van der Waals surface area (Å²) in [7, 11) is 1.72. The first-order valence-electron chi connectivity index (χ1n) is 3.32. The van der Waals surface area contributed by atoms with Gasteiger partial charge in [0.15, 0.2) is 0 Å². The zero-order chi connectivity index (χ0) is 8.69. The van der Waals surface area contributed by atoms with E-state index in [9.17, 15) is 4.79 Å². The highest BCUT2D eigenvalue weighted by atomic mass is 32.2. The van der Waals surface area contributed by atoms with Crippen molar-refractivity contribution < 1.29 is 4.79 Å². The largest absolute Gasteiger partial charge is 0.344 e. The highest BCUT2D eigenvalue weighted by molar-refractivity contribution is 7.98. The molecule has 1 amide bonds. The molecule has 3 nitrogen and oxygen atoms in total. The van der Waals surface area contributed by atoms with Gasteiger partial charge in [-0.2, -0.15) is 17.0 Å². The van der Waals surface area contributed by atoms with Crippen molar-refractivity contribution in [1.29, 1.82) is 5.26 Å². The lowest BCUT2D eigenvalue weighted by molar-refractivity contribution is -0.128. The fourth-order valence-electron chi connectivity index (χ4n) is 0.556. The molecule has 0 aliphatic rings. The van der Waals surface area contributed by atoms with Crippen LogP contribution in [0.3, 0.4) is 0 Å². The Morgan fingerprint density at radius 1 is 1.73 bits per heavy atom. The Balaban J connectivity index is 3.57. The van der Waals surface area contributed by atoms with Gasteiger partial charge in [-0.05, 0) is 6.26 Å². The van der Waals surface area contributed by atoms with E-state index in [0.717, 1.165) is 12.3 Å². The standard InChI is InChI=1S/C7H12N2OS/c1-9(5-6-11-2)7(10)3-4-8/h3,5-6H2,1-2H3. The molecule has 0 rings (SSSR count). The predicted molar refractivity (Wildman–Crippen MR) is 46.2 cm³/mol. The first-order valence-corrected chi connectivity index (χ1v) is 4.71. The highest BCUT2D eigenvalue weighted by Gasteiger charge is 2.05. The van der Waals surface area contributed by atoms with Crippen molar-refractivity contribution in [3.63, 3.8) is 0 Å². The van der Waals surface area contributed by atoms with Crippen molar-refractivity contribution in [2.75, 3.05) is 25.6 Å². The fourth-order valence-corrected chi connectivity index (χ4v) is 1.01. The summed E-state index contributed by atoms with van der Waals surface area (Å²) in [4.78, 5) is 12.5. The monoisotopic (exact) mass is 172 g/mol. The zero-order valence-corrected chi connectivity index (χ0v) is 7.65. The lowest BCUT2D eigenvalue weighted by Gasteiger charge is -2.13. The van der Waals surface area contributed by atoms with Crippen LogP contribution in [0.1, 0.15) is 6.42 Å². The summed E-state index contributed by atoms with van der Waals surface area (Å²) in [5.41, 5.74) is 0. The second-order valence-corrected chi connectivity index (χ2v) is 3.13. The van der Waals surface area contributed by atoms with Gasteiger partial charge in [-0.15, -0.1) is 0 Å². The molecule has 0 spiro atoms. The van der Waals surface area contributed by atoms with E-state index in [4.69, 9.17) is 5.26 Å². The van der Waals surface area contributed by atoms with Crippen LogP contribution < -0.4 is 0 Å². The second kappa shape index (κ2) is 6.05. The Kier molecular flexibility index (Phi) is 5.67. The SMILES string of the molecule is CSCCN(C)C(=O)CC#N. The van der Waals surface area contributed by atoms with Crippen LogP contribution in [0.5, 0.6) is 0 Å². The molecular weight excluding hydrogens is 160 g/mol. The van der Waals surface area contributed by atoms with Crippen LogP contribution in [-0.4, -0.2) is 36.4 Å². The number of nitriles is 1. The molecule has 0 heterocycles. The van der Waals surface area contributed by atoms with Crippen LogP contribution >= 0.6 is 11.8 Å². The van der Waals surface area contributed by atoms with E-state index < -0.39 is 0 Å². The third-order valence-electron chi connectivity index (χ3n) is 1.29. The molecule has 0 unspecified atom stereocenters. The number of nitrogens with zero attached hydrogens (tertiary/aromatic N) is 2. The Hall–Kier alpha value is -0.690. The van der Waals surface area contributed by atoms with E-state index in [1.54, 1.807) is 23.7 Å². The van der Waals surface area contributed by atoms with E-state index >= 15 is 0 Å². The van der Waals surface area contributed by atoms with E-state index in [0.29, 0.717) is 0 Å². The first-order chi connectivity index (χ1) is 5.22. The third kappa shape index (κ3) is 4.68. The quantitative estimate of drug-likeness (QED) is 0.627. The molecule has 0 atom stereocenters. The number of carbonyl (C=O) groups excluding carboxylic acids is 1. The van der Waals surface area contributed by atoms with Gasteiger partial charge in [0.2, 0.25) is 5.91 Å². The summed E-state index contributed by atoms with van der Waals surface area (Å²) in [5, 5.41) is 8.21. The minimum absolute atomic E-state index is 0.00905. The zero-order valence-electron chi connectivity index (χ0n) is 6.83. The summed E-state index contributed by atoms with van der Waals surface area (Å²) in [6.07, 6.45) is 1.98. The van der Waals surface area contributed by atoms with Gasteiger partial charge in [0.05, 0.1) is 6.07 Å². The second-order valence-electron chi connectivity index (χ2n) is 2.14. The maximum absolute atomic E-state index is 10.9. The van der Waals surface area contributed by atoms with Crippen LogP contribution in [-0.2, 0) is 4.79 Å². The number of hydrogen-bond acceptors (Lipinski definition) is 3. The average Bonchev–Trinajstić information content (AvgIpc) is 2.00. The Morgan fingerprint density at radius 3 is 2.82 bits per heavy atom. The molecule has 62 valence electrons. The van der Waals surface area contributed by atoms with Gasteiger partial charge in [-0.3, -0.25) is 4.79 Å². The minimum Gasteiger partial charge on any atom is -0.344 e. The van der Waals surface area contributed by atoms with Gasteiger partial charge in [-0.25, -0.2) is 0 Å². The van der Waals surface area contributed by atoms with Gasteiger partial charge in [0.25, 0.3) is 0 Å². The van der Waals surface area contributed by atoms with Gasteiger partial charge in [0.1, 0.15) is 6.42 Å². The van der Waals surface area contributed by atoms with Crippen molar-refractivity contribution in [3.8, 4) is 6.07 Å². The number of thioether (sulfide) groups is 1. The lowest BCUT2D eigenvalue weighted by Crippen LogP contribution is -2.28. The van der Waals surface area contributed by atoms with Crippen LogP contribution in [0, 0.1) is 11.3 Å². The number of hydrogen-bond donors (Lipinski definition) is 0. The van der Waals surface area contributed by atoms with Crippen LogP contribution in [0.15, 0.2) is 0 Å². The van der Waals surface area contributed by atoms with Crippen molar-refractivity contribution >= 4 is 17.7 Å². The highest BCUT2D eigenvalue weighted by Crippen LogP contribution is 1.95. The van der Waals surface area contributed by atoms with Crippen molar-refractivity contribution in [2.45, 2.75) is 6.42 Å². The van der Waals surface area contributed by atoms with Gasteiger partial charge < -0.3 is 4.90 Å². The van der Waals surface area contributed by atoms with Crippen LogP contribution in [0.4, 0.5) is 0 Å². The number of rotatable bonds is 4. The molecule has 11 heavy (non-hydrogen) atoms. The molecule has 0 aromatic rings. The van der Waals surface area contributed by atoms with E-state index in [1.165, 1.54) is 0 Å². The fraction of sp³-hybridized carbons (Fsp3) is 0.714. The summed E-state index contributed by atoms with van der Waals surface area (Å²) in [5.74, 6) is 0.828. The molecule has 0 radical (unpaired) electrons. The molecule has 0 aliphatic carbocycles. The van der Waals surface area contributed by atoms with Crippen LogP contribution in [0.2, 0.25) is 0 Å². The van der Waals surface area contributed by atoms with Crippen LogP contribution in [0.25, 0.3) is 0 Å². The minimum atomic E-state index is -0.0958. The normalized spacial score (nSPS) is 8.82. The summed E-state index contributed by atoms with van der Waals surface area (Å²) in [6.45, 7) is 0.724. The van der Waals surface area contributed by atoms with Gasteiger partial charge in [0, 0.05) is 19.3 Å². The molecule has 4 heteroatoms. The Labute approximate surface area is 71.4 Å². The Morgan fingerprint density at radius 2 is 2.36 bits per heavy atom. The Bertz CT molecular complexity index is 164. The van der Waals surface area contributed by atoms with Gasteiger partial charge in [-0.1, -0.05) is 0 Å². The van der Waals surface area contributed by atoms with E-state index in [-0.39, 0.29) is 12.3 Å². The average molecular weight is 172 g/mol. The molecule has 0 aromatic heterocycles. The third-order valence-corrected chi connectivity index (χ3v) is 1.88. The maximum atomic E-state index is 10.9. The molecule has 0 aliphatic heterocycles. The predicted octanol–water partition coefficient (Wildman–Crippen LogP) is 0.721. The maximum Gasteiger partial charge on any atom is 0.236 e. The van der Waals surface area contributed by atoms with E-state index in [2.05, 4.69) is 0 Å². The molecule has 0 bridgehead atoms.